The Hall–Kier alpha value is -1.51. The van der Waals surface area contributed by atoms with Gasteiger partial charge in [-0.3, -0.25) is 0 Å². The van der Waals surface area contributed by atoms with Crippen molar-refractivity contribution in [1.82, 2.24) is 0 Å². The van der Waals surface area contributed by atoms with Gasteiger partial charge in [0.15, 0.2) is 6.10 Å². The van der Waals surface area contributed by atoms with Gasteiger partial charge in [0.05, 0.1) is 0 Å². The number of rotatable bonds is 16. The summed E-state index contributed by atoms with van der Waals surface area (Å²) >= 11 is 0. The zero-order valence-electron chi connectivity index (χ0n) is 16.8. The van der Waals surface area contributed by atoms with Crippen LogP contribution in [0.4, 0.5) is 0 Å². The van der Waals surface area contributed by atoms with Crippen molar-refractivity contribution in [2.24, 2.45) is 0 Å². The van der Waals surface area contributed by atoms with E-state index in [2.05, 4.69) is 6.92 Å². The molecule has 1 atom stereocenters. The SMILES string of the molecule is CCCCCCCCCCCCCCC(Oc1ccccc1C)C(=O)O. The molecule has 3 heteroatoms. The van der Waals surface area contributed by atoms with Gasteiger partial charge < -0.3 is 9.84 Å². The number of carboxylic acid groups (broad SMARTS) is 1. The Balaban J connectivity index is 2.06. The molecule has 0 fully saturated rings. The lowest BCUT2D eigenvalue weighted by Gasteiger charge is -2.16. The molecule has 0 saturated heterocycles. The smallest absolute Gasteiger partial charge is 0.344 e. The first kappa shape index (κ1) is 22.5. The number of carbonyl (C=O) groups is 1. The summed E-state index contributed by atoms with van der Waals surface area (Å²) in [5, 5.41) is 9.38. The summed E-state index contributed by atoms with van der Waals surface area (Å²) in [7, 11) is 0. The lowest BCUT2D eigenvalue weighted by Crippen LogP contribution is -2.27. The number of aryl methyl sites for hydroxylation is 1. The number of carboxylic acids is 1. The molecule has 0 radical (unpaired) electrons. The number of hydrogen-bond donors (Lipinski definition) is 1. The summed E-state index contributed by atoms with van der Waals surface area (Å²) in [6, 6.07) is 7.60. The third kappa shape index (κ3) is 10.5. The van der Waals surface area contributed by atoms with Gasteiger partial charge in [-0.1, -0.05) is 95.8 Å². The van der Waals surface area contributed by atoms with E-state index in [4.69, 9.17) is 4.74 Å². The van der Waals surface area contributed by atoms with Crippen LogP contribution in [0.5, 0.6) is 5.75 Å². The standard InChI is InChI=1S/C23H38O3/c1-3-4-5-6-7-8-9-10-11-12-13-14-19-22(23(24)25)26-21-18-16-15-17-20(21)2/h15-18,22H,3-14,19H2,1-2H3,(H,24,25). The molecule has 0 aliphatic rings. The Kier molecular flexibility index (Phi) is 12.7. The van der Waals surface area contributed by atoms with Crippen LogP contribution in [-0.4, -0.2) is 17.2 Å². The maximum Gasteiger partial charge on any atom is 0.344 e. The molecular formula is C23H38O3. The second kappa shape index (κ2) is 14.6. The van der Waals surface area contributed by atoms with Gasteiger partial charge in [0, 0.05) is 0 Å². The second-order valence-corrected chi connectivity index (χ2v) is 7.39. The molecule has 0 amide bonds. The molecule has 1 rings (SSSR count). The Bertz CT molecular complexity index is 484. The molecule has 0 spiro atoms. The highest BCUT2D eigenvalue weighted by molar-refractivity contribution is 5.72. The molecule has 3 nitrogen and oxygen atoms in total. The van der Waals surface area contributed by atoms with Crippen molar-refractivity contribution in [3.8, 4) is 5.75 Å². The number of ether oxygens (including phenoxy) is 1. The summed E-state index contributed by atoms with van der Waals surface area (Å²) in [4.78, 5) is 11.4. The molecule has 0 aliphatic carbocycles. The van der Waals surface area contributed by atoms with E-state index >= 15 is 0 Å². The zero-order chi connectivity index (χ0) is 19.0. The summed E-state index contributed by atoms with van der Waals surface area (Å²) < 4.78 is 5.71. The van der Waals surface area contributed by atoms with Gasteiger partial charge in [0.1, 0.15) is 5.75 Å². The van der Waals surface area contributed by atoms with Crippen molar-refractivity contribution < 1.29 is 14.6 Å². The van der Waals surface area contributed by atoms with Crippen LogP contribution in [0.2, 0.25) is 0 Å². The number of unbranched alkanes of at least 4 members (excludes halogenated alkanes) is 11. The van der Waals surface area contributed by atoms with E-state index in [1.165, 1.54) is 64.2 Å². The van der Waals surface area contributed by atoms with Gasteiger partial charge in [-0.25, -0.2) is 4.79 Å². The van der Waals surface area contributed by atoms with E-state index < -0.39 is 12.1 Å². The Morgan fingerprint density at radius 2 is 1.38 bits per heavy atom. The minimum atomic E-state index is -0.865. The molecule has 1 unspecified atom stereocenters. The molecule has 0 heterocycles. The summed E-state index contributed by atoms with van der Waals surface area (Å²) in [5.74, 6) is -0.185. The normalized spacial score (nSPS) is 12.1. The van der Waals surface area contributed by atoms with E-state index in [9.17, 15) is 9.90 Å². The van der Waals surface area contributed by atoms with E-state index in [0.29, 0.717) is 12.2 Å². The lowest BCUT2D eigenvalue weighted by atomic mass is 10.0. The van der Waals surface area contributed by atoms with E-state index in [-0.39, 0.29) is 0 Å². The predicted octanol–water partition coefficient (Wildman–Crippen LogP) is 6.92. The number of benzene rings is 1. The molecule has 148 valence electrons. The van der Waals surface area contributed by atoms with Gasteiger partial charge in [0.25, 0.3) is 0 Å². The highest BCUT2D eigenvalue weighted by Crippen LogP contribution is 2.20. The molecule has 0 aromatic heterocycles. The van der Waals surface area contributed by atoms with Crippen molar-refractivity contribution >= 4 is 5.97 Å². The van der Waals surface area contributed by atoms with E-state index in [1.54, 1.807) is 0 Å². The fourth-order valence-electron chi connectivity index (χ4n) is 3.25. The number of aliphatic carboxylic acids is 1. The molecule has 1 N–H and O–H groups in total. The van der Waals surface area contributed by atoms with Crippen LogP contribution in [0, 0.1) is 6.92 Å². The Morgan fingerprint density at radius 1 is 0.885 bits per heavy atom. The van der Waals surface area contributed by atoms with Crippen LogP contribution < -0.4 is 4.74 Å². The van der Waals surface area contributed by atoms with Gasteiger partial charge in [-0.2, -0.15) is 0 Å². The fourth-order valence-corrected chi connectivity index (χ4v) is 3.25. The summed E-state index contributed by atoms with van der Waals surface area (Å²) in [6.45, 7) is 4.20. The average Bonchev–Trinajstić information content (AvgIpc) is 2.63. The first-order valence-electron chi connectivity index (χ1n) is 10.6. The average molecular weight is 363 g/mol. The maximum atomic E-state index is 11.4. The molecule has 0 saturated carbocycles. The predicted molar refractivity (Wildman–Crippen MR) is 109 cm³/mol. The fraction of sp³-hybridized carbons (Fsp3) is 0.696. The van der Waals surface area contributed by atoms with Crippen molar-refractivity contribution in [3.05, 3.63) is 29.8 Å². The van der Waals surface area contributed by atoms with Gasteiger partial charge in [-0.05, 0) is 31.4 Å². The number of hydrogen-bond acceptors (Lipinski definition) is 2. The Morgan fingerprint density at radius 3 is 1.88 bits per heavy atom. The van der Waals surface area contributed by atoms with Crippen molar-refractivity contribution in [2.45, 2.75) is 103 Å². The minimum absolute atomic E-state index is 0.584. The van der Waals surface area contributed by atoms with Crippen molar-refractivity contribution in [1.29, 1.82) is 0 Å². The van der Waals surface area contributed by atoms with Crippen LogP contribution >= 0.6 is 0 Å². The molecule has 0 aliphatic heterocycles. The highest BCUT2D eigenvalue weighted by Gasteiger charge is 2.19. The highest BCUT2D eigenvalue weighted by atomic mass is 16.5. The molecular weight excluding hydrogens is 324 g/mol. The zero-order valence-corrected chi connectivity index (χ0v) is 16.8. The van der Waals surface area contributed by atoms with Crippen LogP contribution in [0.25, 0.3) is 0 Å². The topological polar surface area (TPSA) is 46.5 Å². The summed E-state index contributed by atoms with van der Waals surface area (Å²) in [5.41, 5.74) is 0.980. The van der Waals surface area contributed by atoms with Crippen molar-refractivity contribution in [2.75, 3.05) is 0 Å². The minimum Gasteiger partial charge on any atom is -0.479 e. The van der Waals surface area contributed by atoms with Crippen LogP contribution in [-0.2, 0) is 4.79 Å². The first-order chi connectivity index (χ1) is 12.6. The molecule has 1 aromatic rings. The third-order valence-corrected chi connectivity index (χ3v) is 4.96. The largest absolute Gasteiger partial charge is 0.479 e. The molecule has 1 aromatic carbocycles. The van der Waals surface area contributed by atoms with Crippen LogP contribution in [0.3, 0.4) is 0 Å². The third-order valence-electron chi connectivity index (χ3n) is 4.96. The monoisotopic (exact) mass is 362 g/mol. The molecule has 26 heavy (non-hydrogen) atoms. The first-order valence-corrected chi connectivity index (χ1v) is 10.6. The number of para-hydroxylation sites is 1. The second-order valence-electron chi connectivity index (χ2n) is 7.39. The lowest BCUT2D eigenvalue weighted by molar-refractivity contribution is -0.145. The van der Waals surface area contributed by atoms with E-state index in [1.807, 2.05) is 31.2 Å². The van der Waals surface area contributed by atoms with E-state index in [0.717, 1.165) is 18.4 Å². The van der Waals surface area contributed by atoms with Gasteiger partial charge >= 0.3 is 5.97 Å². The summed E-state index contributed by atoms with van der Waals surface area (Å²) in [6.07, 6.45) is 15.2. The van der Waals surface area contributed by atoms with Crippen LogP contribution in [0.1, 0.15) is 96.0 Å². The van der Waals surface area contributed by atoms with Gasteiger partial charge in [-0.15, -0.1) is 0 Å². The van der Waals surface area contributed by atoms with Crippen molar-refractivity contribution in [3.63, 3.8) is 0 Å². The quantitative estimate of drug-likeness (QED) is 0.325. The van der Waals surface area contributed by atoms with Crippen LogP contribution in [0.15, 0.2) is 24.3 Å². The Labute approximate surface area is 160 Å². The maximum absolute atomic E-state index is 11.4. The molecule has 0 bridgehead atoms. The van der Waals surface area contributed by atoms with Gasteiger partial charge in [0.2, 0.25) is 0 Å².